The first-order chi connectivity index (χ1) is 9.68. The Kier molecular flexibility index (Phi) is 2.76. The Balaban J connectivity index is 1.56. The third kappa shape index (κ3) is 2.09. The van der Waals surface area contributed by atoms with Gasteiger partial charge in [-0.15, -0.1) is 0 Å². The fourth-order valence-corrected chi connectivity index (χ4v) is 4.87. The first kappa shape index (κ1) is 14.4. The maximum absolute atomic E-state index is 12.7. The number of rotatable bonds is 3. The fourth-order valence-electron chi connectivity index (χ4n) is 4.14. The Morgan fingerprint density at radius 2 is 2.24 bits per heavy atom. The standard InChI is InChI=1S/C15H21IN2O3/c1-12(20)6-9-4-3-5-14(7-9,8-12)21-11(19)13(2,16)15-10(17-15)18-15/h6,10,17-18,20H,3-5,7-8H2,1-2H3. The molecule has 2 aliphatic heterocycles. The summed E-state index contributed by atoms with van der Waals surface area (Å²) < 4.78 is 5.40. The number of aliphatic hydroxyl groups is 1. The van der Waals surface area contributed by atoms with Crippen LogP contribution in [0.15, 0.2) is 11.6 Å². The van der Waals surface area contributed by atoms with Crippen LogP contribution in [-0.4, -0.2) is 37.5 Å². The molecule has 0 aromatic rings. The van der Waals surface area contributed by atoms with E-state index in [0.717, 1.165) is 25.7 Å². The van der Waals surface area contributed by atoms with E-state index < -0.39 is 14.6 Å². The minimum atomic E-state index is -0.869. The largest absolute Gasteiger partial charge is 0.458 e. The number of nitrogens with one attached hydrogen (secondary N) is 2. The van der Waals surface area contributed by atoms with Gasteiger partial charge in [0.1, 0.15) is 11.3 Å². The van der Waals surface area contributed by atoms with E-state index in [0.29, 0.717) is 6.42 Å². The molecule has 21 heavy (non-hydrogen) atoms. The lowest BCUT2D eigenvalue weighted by Crippen LogP contribution is -2.53. The molecule has 3 unspecified atom stereocenters. The molecule has 2 bridgehead atoms. The molecule has 6 heteroatoms. The summed E-state index contributed by atoms with van der Waals surface area (Å²) in [6, 6.07) is 0. The Morgan fingerprint density at radius 1 is 1.57 bits per heavy atom. The van der Waals surface area contributed by atoms with E-state index in [-0.39, 0.29) is 17.8 Å². The average molecular weight is 404 g/mol. The topological polar surface area (TPSA) is 90.4 Å². The second-order valence-electron chi connectivity index (χ2n) is 7.47. The van der Waals surface area contributed by atoms with E-state index >= 15 is 0 Å². The van der Waals surface area contributed by atoms with Crippen LogP contribution >= 0.6 is 22.6 Å². The van der Waals surface area contributed by atoms with Gasteiger partial charge in [0, 0.05) is 12.8 Å². The summed E-state index contributed by atoms with van der Waals surface area (Å²) in [4.78, 5) is 12.7. The summed E-state index contributed by atoms with van der Waals surface area (Å²) >= 11 is 2.19. The summed E-state index contributed by atoms with van der Waals surface area (Å²) in [5.74, 6) is -0.179. The smallest absolute Gasteiger partial charge is 0.325 e. The van der Waals surface area contributed by atoms with E-state index in [1.54, 1.807) is 0 Å². The van der Waals surface area contributed by atoms with E-state index in [9.17, 15) is 9.90 Å². The van der Waals surface area contributed by atoms with Crippen molar-refractivity contribution in [3.63, 3.8) is 0 Å². The Bertz CT molecular complexity index is 551. The summed E-state index contributed by atoms with van der Waals surface area (Å²) in [6.07, 6.45) is 6.37. The molecule has 0 radical (unpaired) electrons. The van der Waals surface area contributed by atoms with Crippen molar-refractivity contribution in [3.8, 4) is 0 Å². The molecular weight excluding hydrogens is 383 g/mol. The zero-order chi connectivity index (χ0) is 15.1. The number of carbonyl (C=O) groups excluding carboxylic acids is 1. The van der Waals surface area contributed by atoms with E-state index in [4.69, 9.17) is 4.74 Å². The molecule has 0 aromatic carbocycles. The molecule has 3 N–H and O–H groups in total. The first-order valence-corrected chi connectivity index (χ1v) is 8.67. The van der Waals surface area contributed by atoms with Gasteiger partial charge in [-0.1, -0.05) is 34.2 Å². The van der Waals surface area contributed by atoms with Crippen LogP contribution in [0.4, 0.5) is 0 Å². The molecule has 2 heterocycles. The second kappa shape index (κ2) is 4.01. The van der Waals surface area contributed by atoms with Crippen molar-refractivity contribution in [2.24, 2.45) is 0 Å². The van der Waals surface area contributed by atoms with E-state index in [2.05, 4.69) is 33.2 Å². The minimum absolute atomic E-state index is 0.179. The first-order valence-electron chi connectivity index (χ1n) is 7.59. The van der Waals surface area contributed by atoms with Crippen LogP contribution in [-0.2, 0) is 9.53 Å². The summed E-state index contributed by atoms with van der Waals surface area (Å²) in [5, 5.41) is 17.0. The maximum atomic E-state index is 12.7. The van der Waals surface area contributed by atoms with Crippen LogP contribution in [0.2, 0.25) is 0 Å². The molecule has 3 fully saturated rings. The number of halogens is 1. The lowest BCUT2D eigenvalue weighted by molar-refractivity contribution is -0.171. The maximum Gasteiger partial charge on any atom is 0.325 e. The normalized spacial score (nSPS) is 49.5. The summed E-state index contributed by atoms with van der Waals surface area (Å²) in [7, 11) is 0. The van der Waals surface area contributed by atoms with Gasteiger partial charge in [0.15, 0.2) is 3.42 Å². The van der Waals surface area contributed by atoms with Gasteiger partial charge in [0.2, 0.25) is 0 Å². The quantitative estimate of drug-likeness (QED) is 0.217. The van der Waals surface area contributed by atoms with Crippen molar-refractivity contribution in [3.05, 3.63) is 11.6 Å². The summed E-state index contributed by atoms with van der Waals surface area (Å²) in [6.45, 7) is 3.73. The molecule has 4 aliphatic rings. The SMILES string of the molecule is CC1(O)C=C2CCCC(OC(=O)C(C)(I)C34NC3N4)(C2)C1. The van der Waals surface area contributed by atoms with Gasteiger partial charge in [0.05, 0.1) is 11.8 Å². The van der Waals surface area contributed by atoms with Crippen LogP contribution in [0.1, 0.15) is 46.0 Å². The van der Waals surface area contributed by atoms with Gasteiger partial charge in [-0.25, -0.2) is 0 Å². The van der Waals surface area contributed by atoms with Crippen LogP contribution in [0.5, 0.6) is 0 Å². The molecule has 0 spiro atoms. The molecule has 4 rings (SSSR count). The number of carbonyl (C=O) groups is 1. The van der Waals surface area contributed by atoms with E-state index in [1.165, 1.54) is 5.57 Å². The number of alkyl halides is 1. The van der Waals surface area contributed by atoms with Gasteiger partial charge in [-0.3, -0.25) is 15.4 Å². The zero-order valence-corrected chi connectivity index (χ0v) is 14.5. The van der Waals surface area contributed by atoms with Crippen LogP contribution in [0, 0.1) is 0 Å². The molecule has 116 valence electrons. The van der Waals surface area contributed by atoms with Crippen molar-refractivity contribution in [2.75, 3.05) is 0 Å². The highest BCUT2D eigenvalue weighted by Gasteiger charge is 2.81. The van der Waals surface area contributed by atoms with Crippen molar-refractivity contribution in [1.82, 2.24) is 10.6 Å². The third-order valence-corrected chi connectivity index (χ3v) is 6.61. The van der Waals surface area contributed by atoms with E-state index in [1.807, 2.05) is 19.9 Å². The highest BCUT2D eigenvalue weighted by molar-refractivity contribution is 14.1. The van der Waals surface area contributed by atoms with Crippen molar-refractivity contribution >= 4 is 28.6 Å². The predicted octanol–water partition coefficient (Wildman–Crippen LogP) is 1.35. The molecule has 1 saturated carbocycles. The highest BCUT2D eigenvalue weighted by atomic mass is 127. The van der Waals surface area contributed by atoms with Gasteiger partial charge in [-0.05, 0) is 33.1 Å². The average Bonchev–Trinajstić information content (AvgIpc) is 3.13. The fraction of sp³-hybridized carbons (Fsp3) is 0.800. The molecule has 3 atom stereocenters. The Morgan fingerprint density at radius 3 is 2.86 bits per heavy atom. The second-order valence-corrected chi connectivity index (χ2v) is 9.63. The van der Waals surface area contributed by atoms with Crippen molar-refractivity contribution < 1.29 is 14.6 Å². The van der Waals surface area contributed by atoms with Crippen LogP contribution < -0.4 is 10.6 Å². The lowest BCUT2D eigenvalue weighted by Gasteiger charge is -2.46. The number of hydrogen-bond acceptors (Lipinski definition) is 5. The van der Waals surface area contributed by atoms with Crippen LogP contribution in [0.25, 0.3) is 0 Å². The molecular formula is C15H21IN2O3. The van der Waals surface area contributed by atoms with Crippen LogP contribution in [0.3, 0.4) is 0 Å². The predicted molar refractivity (Wildman–Crippen MR) is 85.8 cm³/mol. The van der Waals surface area contributed by atoms with Crippen molar-refractivity contribution in [1.29, 1.82) is 0 Å². The van der Waals surface area contributed by atoms with Gasteiger partial charge in [-0.2, -0.15) is 0 Å². The highest BCUT2D eigenvalue weighted by Crippen LogP contribution is 2.53. The molecule has 2 aliphatic carbocycles. The Labute approximate surface area is 138 Å². The number of fused-ring (bicyclic) bond motifs is 3. The number of ether oxygens (including phenoxy) is 1. The van der Waals surface area contributed by atoms with Crippen molar-refractivity contribution in [2.45, 2.75) is 72.4 Å². The monoisotopic (exact) mass is 404 g/mol. The molecule has 0 amide bonds. The number of esters is 1. The lowest BCUT2D eigenvalue weighted by atomic mass is 9.69. The summed E-state index contributed by atoms with van der Waals surface area (Å²) in [5.41, 5.74) is -0.422. The van der Waals surface area contributed by atoms with Gasteiger partial charge < -0.3 is 9.84 Å². The zero-order valence-electron chi connectivity index (χ0n) is 12.3. The minimum Gasteiger partial charge on any atom is -0.458 e. The Hall–Kier alpha value is -0.180. The molecule has 2 saturated heterocycles. The third-order valence-electron chi connectivity index (χ3n) is 5.32. The van der Waals surface area contributed by atoms with Gasteiger partial charge >= 0.3 is 5.97 Å². The number of hydrogen-bond donors (Lipinski definition) is 3. The molecule has 5 nitrogen and oxygen atoms in total. The molecule has 0 aromatic heterocycles. The van der Waals surface area contributed by atoms with Gasteiger partial charge in [0.25, 0.3) is 0 Å².